The topological polar surface area (TPSA) is 53.4 Å². The number of aliphatic hydroxyl groups excluding tert-OH is 1. The van der Waals surface area contributed by atoms with E-state index in [1.165, 1.54) is 11.1 Å². The zero-order valence-electron chi connectivity index (χ0n) is 14.4. The first kappa shape index (κ1) is 16.3. The van der Waals surface area contributed by atoms with E-state index in [0.717, 1.165) is 31.2 Å². The summed E-state index contributed by atoms with van der Waals surface area (Å²) in [5.74, 6) is 0.228. The van der Waals surface area contributed by atoms with Crippen molar-refractivity contribution < 1.29 is 9.90 Å². The highest BCUT2D eigenvalue weighted by Crippen LogP contribution is 2.60. The summed E-state index contributed by atoms with van der Waals surface area (Å²) in [6.07, 6.45) is 7.84. The van der Waals surface area contributed by atoms with Gasteiger partial charge in [0.1, 0.15) is 0 Å². The molecule has 1 N–H and O–H groups in total. The lowest BCUT2D eigenvalue weighted by atomic mass is 9.78. The Balaban J connectivity index is 1.55. The fourth-order valence-electron chi connectivity index (χ4n) is 4.48. The number of aliphatic hydroxyl groups is 1. The van der Waals surface area contributed by atoms with Crippen LogP contribution in [-0.4, -0.2) is 34.0 Å². The molecule has 25 heavy (non-hydrogen) atoms. The molecule has 2 aliphatic carbocycles. The van der Waals surface area contributed by atoms with Gasteiger partial charge in [-0.3, -0.25) is 9.78 Å². The number of amides is 1. The van der Waals surface area contributed by atoms with Gasteiger partial charge < -0.3 is 10.0 Å². The predicted octanol–water partition coefficient (Wildman–Crippen LogP) is 2.70. The Morgan fingerprint density at radius 3 is 2.96 bits per heavy atom. The molecule has 1 aromatic heterocycles. The fraction of sp³-hybridized carbons (Fsp3) is 0.429. The molecular weight excluding hydrogens is 312 g/mol. The Morgan fingerprint density at radius 2 is 2.16 bits per heavy atom. The zero-order valence-corrected chi connectivity index (χ0v) is 14.4. The lowest BCUT2D eigenvalue weighted by Gasteiger charge is -2.28. The van der Waals surface area contributed by atoms with E-state index in [1.807, 2.05) is 12.1 Å². The lowest BCUT2D eigenvalue weighted by Crippen LogP contribution is -2.36. The summed E-state index contributed by atoms with van der Waals surface area (Å²) in [5, 5.41) is 9.42. The van der Waals surface area contributed by atoms with E-state index < -0.39 is 0 Å². The van der Waals surface area contributed by atoms with Crippen LogP contribution in [0.4, 0.5) is 0 Å². The van der Waals surface area contributed by atoms with Gasteiger partial charge in [-0.15, -0.1) is 0 Å². The van der Waals surface area contributed by atoms with E-state index in [0.29, 0.717) is 13.1 Å². The molecule has 2 aliphatic rings. The molecule has 0 unspecified atom stereocenters. The van der Waals surface area contributed by atoms with E-state index in [-0.39, 0.29) is 23.8 Å². The van der Waals surface area contributed by atoms with Crippen molar-refractivity contribution in [3.63, 3.8) is 0 Å². The average molecular weight is 336 g/mol. The summed E-state index contributed by atoms with van der Waals surface area (Å²) in [7, 11) is 0. The van der Waals surface area contributed by atoms with Crippen LogP contribution < -0.4 is 0 Å². The molecule has 1 heterocycles. The molecule has 1 amide bonds. The number of pyridine rings is 1. The van der Waals surface area contributed by atoms with Crippen LogP contribution in [0, 0.1) is 5.92 Å². The van der Waals surface area contributed by atoms with Crippen molar-refractivity contribution in [2.45, 2.75) is 37.6 Å². The van der Waals surface area contributed by atoms with Gasteiger partial charge in [-0.05, 0) is 48.4 Å². The maximum Gasteiger partial charge on any atom is 0.226 e. The molecule has 4 nitrogen and oxygen atoms in total. The van der Waals surface area contributed by atoms with Crippen molar-refractivity contribution in [2.24, 2.45) is 5.92 Å². The highest BCUT2D eigenvalue weighted by atomic mass is 16.3. The molecule has 1 fully saturated rings. The third-order valence-corrected chi connectivity index (χ3v) is 5.77. The minimum Gasteiger partial charge on any atom is -0.395 e. The number of carbonyl (C=O) groups excluding carboxylic acids is 1. The predicted molar refractivity (Wildman–Crippen MR) is 95.9 cm³/mol. The summed E-state index contributed by atoms with van der Waals surface area (Å²) in [6, 6.07) is 12.5. The number of aryl methyl sites for hydroxylation is 1. The second-order valence-corrected chi connectivity index (χ2v) is 7.27. The largest absolute Gasteiger partial charge is 0.395 e. The number of hydrogen-bond acceptors (Lipinski definition) is 3. The fourth-order valence-corrected chi connectivity index (χ4v) is 4.48. The van der Waals surface area contributed by atoms with Gasteiger partial charge >= 0.3 is 0 Å². The van der Waals surface area contributed by atoms with Crippen molar-refractivity contribution in [3.05, 3.63) is 65.5 Å². The molecule has 0 saturated heterocycles. The molecular formula is C21H24N2O2. The first-order valence-corrected chi connectivity index (χ1v) is 9.11. The van der Waals surface area contributed by atoms with E-state index >= 15 is 0 Å². The van der Waals surface area contributed by atoms with E-state index in [9.17, 15) is 9.90 Å². The smallest absolute Gasteiger partial charge is 0.226 e. The van der Waals surface area contributed by atoms with Gasteiger partial charge in [0.2, 0.25) is 5.91 Å². The van der Waals surface area contributed by atoms with Gasteiger partial charge in [0.05, 0.1) is 6.61 Å². The number of aromatic nitrogens is 1. The van der Waals surface area contributed by atoms with Crippen molar-refractivity contribution in [1.29, 1.82) is 0 Å². The average Bonchev–Trinajstić information content (AvgIpc) is 3.37. The Hall–Kier alpha value is -2.20. The van der Waals surface area contributed by atoms with E-state index in [4.69, 9.17) is 0 Å². The zero-order chi connectivity index (χ0) is 17.3. The van der Waals surface area contributed by atoms with Crippen LogP contribution >= 0.6 is 0 Å². The summed E-state index contributed by atoms with van der Waals surface area (Å²) in [5.41, 5.74) is 3.83. The van der Waals surface area contributed by atoms with Crippen molar-refractivity contribution in [2.75, 3.05) is 13.2 Å². The minimum atomic E-state index is -0.0116. The number of nitrogens with zero attached hydrogens (tertiary/aromatic N) is 2. The molecule has 0 radical (unpaired) electrons. The van der Waals surface area contributed by atoms with Gasteiger partial charge in [-0.2, -0.15) is 0 Å². The standard InChI is InChI=1S/C21H24N2O2/c24-12-11-23(15-16-5-4-10-22-14-16)20(25)19-13-21(19)9-3-7-17-6-1-2-8-18(17)21/h1-2,4-6,8,10,14,19,24H,3,7,9,11-13,15H2/t19-,21-/m1/s1. The number of hydrogen-bond donors (Lipinski definition) is 1. The van der Waals surface area contributed by atoms with Crippen LogP contribution in [0.5, 0.6) is 0 Å². The Kier molecular flexibility index (Phi) is 4.30. The van der Waals surface area contributed by atoms with Crippen LogP contribution in [0.3, 0.4) is 0 Å². The first-order valence-electron chi connectivity index (χ1n) is 9.11. The highest BCUT2D eigenvalue weighted by Gasteiger charge is 2.60. The minimum absolute atomic E-state index is 0.0116. The Bertz CT molecular complexity index is 762. The molecule has 2 atom stereocenters. The van der Waals surface area contributed by atoms with E-state index in [1.54, 1.807) is 17.3 Å². The molecule has 1 aromatic carbocycles. The van der Waals surface area contributed by atoms with Gasteiger partial charge in [-0.25, -0.2) is 0 Å². The second-order valence-electron chi connectivity index (χ2n) is 7.27. The van der Waals surface area contributed by atoms with Crippen molar-refractivity contribution in [3.8, 4) is 0 Å². The molecule has 130 valence electrons. The number of fused-ring (bicyclic) bond motifs is 2. The summed E-state index contributed by atoms with van der Waals surface area (Å²) >= 11 is 0. The number of benzene rings is 1. The SMILES string of the molecule is O=C([C@H]1C[C@@]12CCCc1ccccc12)N(CCO)Cc1cccnc1. The third kappa shape index (κ3) is 2.95. The Morgan fingerprint density at radius 1 is 1.28 bits per heavy atom. The normalized spacial score (nSPS) is 24.0. The summed E-state index contributed by atoms with van der Waals surface area (Å²) in [4.78, 5) is 19.1. The summed E-state index contributed by atoms with van der Waals surface area (Å²) in [6.45, 7) is 0.881. The first-order chi connectivity index (χ1) is 12.2. The van der Waals surface area contributed by atoms with Gasteiger partial charge in [0.15, 0.2) is 0 Å². The van der Waals surface area contributed by atoms with Crippen LogP contribution in [0.2, 0.25) is 0 Å². The number of rotatable bonds is 5. The summed E-state index contributed by atoms with van der Waals surface area (Å²) < 4.78 is 0. The van der Waals surface area contributed by atoms with Crippen molar-refractivity contribution >= 4 is 5.91 Å². The monoisotopic (exact) mass is 336 g/mol. The molecule has 1 spiro atoms. The van der Waals surface area contributed by atoms with E-state index in [2.05, 4.69) is 29.2 Å². The molecule has 4 heteroatoms. The highest BCUT2D eigenvalue weighted by molar-refractivity contribution is 5.85. The molecule has 0 aliphatic heterocycles. The maximum absolute atomic E-state index is 13.2. The maximum atomic E-state index is 13.2. The molecule has 4 rings (SSSR count). The van der Waals surface area contributed by atoms with Crippen molar-refractivity contribution in [1.82, 2.24) is 9.88 Å². The molecule has 2 aromatic rings. The second kappa shape index (κ2) is 6.60. The Labute approximate surface area is 148 Å². The molecule has 0 bridgehead atoms. The molecule has 1 saturated carbocycles. The third-order valence-electron chi connectivity index (χ3n) is 5.77. The van der Waals surface area contributed by atoms with Crippen LogP contribution in [0.25, 0.3) is 0 Å². The van der Waals surface area contributed by atoms with Gasteiger partial charge in [0.25, 0.3) is 0 Å². The van der Waals surface area contributed by atoms with Gasteiger partial charge in [-0.1, -0.05) is 30.3 Å². The van der Waals surface area contributed by atoms with Crippen LogP contribution in [-0.2, 0) is 23.2 Å². The quantitative estimate of drug-likeness (QED) is 0.913. The lowest BCUT2D eigenvalue weighted by molar-refractivity contribution is -0.134. The number of carbonyl (C=O) groups is 1. The van der Waals surface area contributed by atoms with Crippen LogP contribution in [0.1, 0.15) is 36.0 Å². The van der Waals surface area contributed by atoms with Gasteiger partial charge in [0, 0.05) is 36.8 Å². The van der Waals surface area contributed by atoms with Crippen LogP contribution in [0.15, 0.2) is 48.8 Å².